The molecule has 5 nitrogen and oxygen atoms in total. The fraction of sp³-hybridized carbons (Fsp3) is 0.900. The number of carboxylic acids is 1. The maximum Gasteiger partial charge on any atom is 0.320 e. The minimum atomic E-state index is -0.931. The summed E-state index contributed by atoms with van der Waals surface area (Å²) in [6.07, 6.45) is 0. The van der Waals surface area contributed by atoms with E-state index in [9.17, 15) is 4.79 Å². The third-order valence-electron chi connectivity index (χ3n) is 2.13. The van der Waals surface area contributed by atoms with E-state index < -0.39 is 12.0 Å². The van der Waals surface area contributed by atoms with Gasteiger partial charge in [-0.15, -0.1) is 0 Å². The van der Waals surface area contributed by atoms with Crippen molar-refractivity contribution in [2.45, 2.75) is 39.8 Å². The monoisotopic (exact) mass is 219 g/mol. The van der Waals surface area contributed by atoms with Gasteiger partial charge in [-0.1, -0.05) is 27.7 Å². The van der Waals surface area contributed by atoms with Gasteiger partial charge < -0.3 is 22.3 Å². The minimum Gasteiger partial charge on any atom is -0.480 e. The number of carbonyl (C=O) groups is 1. The molecule has 0 heterocycles. The lowest BCUT2D eigenvalue weighted by atomic mass is 10.1. The molecule has 0 bridgehead atoms. The first-order valence-corrected chi connectivity index (χ1v) is 5.18. The smallest absolute Gasteiger partial charge is 0.320 e. The Bertz CT molecular complexity index is 172. The maximum atomic E-state index is 10.0. The predicted molar refractivity (Wildman–Crippen MR) is 62.3 cm³/mol. The molecule has 0 aromatic heterocycles. The van der Waals surface area contributed by atoms with Crippen LogP contribution in [0.3, 0.4) is 0 Å². The molecule has 0 amide bonds. The first-order valence-electron chi connectivity index (χ1n) is 5.18. The summed E-state index contributed by atoms with van der Waals surface area (Å²) in [5.41, 5.74) is 15.9. The first-order chi connectivity index (χ1) is 6.73. The molecule has 0 aromatic rings. The fourth-order valence-corrected chi connectivity index (χ4v) is 0.557. The molecule has 0 unspecified atom stereocenters. The van der Waals surface area contributed by atoms with Crippen LogP contribution in [0.15, 0.2) is 0 Å². The molecule has 0 aliphatic carbocycles. The predicted octanol–water partition coefficient (Wildman–Crippen LogP) is -0.0173. The van der Waals surface area contributed by atoms with Crippen molar-refractivity contribution in [1.82, 2.24) is 0 Å². The second-order valence-electron chi connectivity index (χ2n) is 4.25. The lowest BCUT2D eigenvalue weighted by Crippen LogP contribution is -2.34. The molecule has 0 radical (unpaired) electrons. The molecule has 0 fully saturated rings. The van der Waals surface area contributed by atoms with Gasteiger partial charge in [-0.3, -0.25) is 4.79 Å². The summed E-state index contributed by atoms with van der Waals surface area (Å²) < 4.78 is 0. The molecule has 0 saturated heterocycles. The number of hydrogen-bond acceptors (Lipinski definition) is 4. The zero-order valence-corrected chi connectivity index (χ0v) is 10.1. The van der Waals surface area contributed by atoms with Gasteiger partial charge in [0.15, 0.2) is 0 Å². The van der Waals surface area contributed by atoms with Crippen molar-refractivity contribution < 1.29 is 9.90 Å². The number of nitrogens with two attached hydrogens (primary N) is 3. The average Bonchev–Trinajstić information content (AvgIpc) is 2.15. The van der Waals surface area contributed by atoms with E-state index in [0.717, 1.165) is 0 Å². The number of aliphatic carboxylic acids is 1. The van der Waals surface area contributed by atoms with E-state index in [1.165, 1.54) is 0 Å². The Labute approximate surface area is 92.0 Å². The van der Waals surface area contributed by atoms with E-state index in [1.807, 2.05) is 0 Å². The molecule has 0 spiro atoms. The van der Waals surface area contributed by atoms with E-state index >= 15 is 0 Å². The maximum absolute atomic E-state index is 10.0. The standard InChI is InChI=1S/C5H14N2.C5H11NO2/c1-4(2)5(7)3-6;1-3(2)4(6)5(7)8/h4-5H,3,6-7H2,1-2H3;3-4H,6H2,1-2H3,(H,7,8)/t5-;4-/m10/s1. The highest BCUT2D eigenvalue weighted by molar-refractivity contribution is 5.73. The summed E-state index contributed by atoms with van der Waals surface area (Å²) >= 11 is 0. The Morgan fingerprint density at radius 1 is 1.13 bits per heavy atom. The van der Waals surface area contributed by atoms with Crippen molar-refractivity contribution >= 4 is 5.97 Å². The molecule has 92 valence electrons. The van der Waals surface area contributed by atoms with Crippen LogP contribution in [0, 0.1) is 11.8 Å². The number of rotatable bonds is 4. The Morgan fingerprint density at radius 3 is 1.53 bits per heavy atom. The van der Waals surface area contributed by atoms with Gasteiger partial charge in [-0.05, 0) is 11.8 Å². The summed E-state index contributed by atoms with van der Waals surface area (Å²) in [4.78, 5) is 10.0. The molecule has 2 atom stereocenters. The second-order valence-corrected chi connectivity index (χ2v) is 4.25. The SMILES string of the molecule is CC(C)[C@H](N)C(=O)O.CC(C)[C@H](N)CN. The van der Waals surface area contributed by atoms with Gasteiger partial charge in [0.1, 0.15) is 6.04 Å². The summed E-state index contributed by atoms with van der Waals surface area (Å²) in [7, 11) is 0. The number of carboxylic acid groups (broad SMARTS) is 1. The van der Waals surface area contributed by atoms with Crippen molar-refractivity contribution in [3.05, 3.63) is 0 Å². The van der Waals surface area contributed by atoms with Crippen molar-refractivity contribution in [3.63, 3.8) is 0 Å². The van der Waals surface area contributed by atoms with Crippen LogP contribution in [0.25, 0.3) is 0 Å². The van der Waals surface area contributed by atoms with Crippen LogP contribution in [0.2, 0.25) is 0 Å². The topological polar surface area (TPSA) is 115 Å². The summed E-state index contributed by atoms with van der Waals surface area (Å²) in [5.74, 6) is -0.391. The van der Waals surface area contributed by atoms with Gasteiger partial charge in [-0.25, -0.2) is 0 Å². The van der Waals surface area contributed by atoms with Crippen molar-refractivity contribution in [3.8, 4) is 0 Å². The van der Waals surface area contributed by atoms with Crippen molar-refractivity contribution in [2.24, 2.45) is 29.0 Å². The van der Waals surface area contributed by atoms with Gasteiger partial charge in [0.2, 0.25) is 0 Å². The van der Waals surface area contributed by atoms with Crippen LogP contribution < -0.4 is 17.2 Å². The molecule has 0 aliphatic heterocycles. The minimum absolute atomic E-state index is 0.0208. The van der Waals surface area contributed by atoms with E-state index in [2.05, 4.69) is 13.8 Å². The van der Waals surface area contributed by atoms with Gasteiger partial charge in [-0.2, -0.15) is 0 Å². The highest BCUT2D eigenvalue weighted by Crippen LogP contribution is 1.96. The largest absolute Gasteiger partial charge is 0.480 e. The normalized spacial score (nSPS) is 14.5. The highest BCUT2D eigenvalue weighted by atomic mass is 16.4. The summed E-state index contributed by atoms with van der Waals surface area (Å²) in [6.45, 7) is 8.28. The molecule has 0 rings (SSSR count). The zero-order valence-electron chi connectivity index (χ0n) is 10.1. The molecule has 0 aromatic carbocycles. The van der Waals surface area contributed by atoms with Gasteiger partial charge in [0.05, 0.1) is 0 Å². The molecular formula is C10H25N3O2. The van der Waals surface area contributed by atoms with Crippen molar-refractivity contribution in [1.29, 1.82) is 0 Å². The molecule has 15 heavy (non-hydrogen) atoms. The van der Waals surface area contributed by atoms with E-state index in [-0.39, 0.29) is 12.0 Å². The van der Waals surface area contributed by atoms with Crippen LogP contribution in [0.1, 0.15) is 27.7 Å². The Balaban J connectivity index is 0. The summed E-state index contributed by atoms with van der Waals surface area (Å²) in [6, 6.07) is -0.532. The highest BCUT2D eigenvalue weighted by Gasteiger charge is 2.14. The van der Waals surface area contributed by atoms with E-state index in [0.29, 0.717) is 12.5 Å². The van der Waals surface area contributed by atoms with Crippen LogP contribution in [-0.2, 0) is 4.79 Å². The quantitative estimate of drug-likeness (QED) is 0.530. The van der Waals surface area contributed by atoms with Gasteiger partial charge in [0.25, 0.3) is 0 Å². The molecule has 5 heteroatoms. The third-order valence-corrected chi connectivity index (χ3v) is 2.13. The second kappa shape index (κ2) is 8.64. The zero-order chi connectivity index (χ0) is 12.6. The van der Waals surface area contributed by atoms with E-state index in [1.54, 1.807) is 13.8 Å². The lowest BCUT2D eigenvalue weighted by molar-refractivity contribution is -0.139. The Kier molecular flexibility index (Phi) is 9.66. The molecule has 0 aliphatic rings. The van der Waals surface area contributed by atoms with Crippen LogP contribution in [-0.4, -0.2) is 29.7 Å². The summed E-state index contributed by atoms with van der Waals surface area (Å²) in [5, 5.41) is 8.23. The van der Waals surface area contributed by atoms with Gasteiger partial charge in [0, 0.05) is 12.6 Å². The molecular weight excluding hydrogens is 194 g/mol. The first kappa shape index (κ1) is 16.8. The average molecular weight is 219 g/mol. The van der Waals surface area contributed by atoms with Crippen LogP contribution in [0.4, 0.5) is 0 Å². The Hall–Kier alpha value is -0.650. The van der Waals surface area contributed by atoms with Crippen molar-refractivity contribution in [2.75, 3.05) is 6.54 Å². The van der Waals surface area contributed by atoms with Gasteiger partial charge >= 0.3 is 5.97 Å². The Morgan fingerprint density at radius 2 is 1.53 bits per heavy atom. The third kappa shape index (κ3) is 9.65. The lowest BCUT2D eigenvalue weighted by Gasteiger charge is -2.10. The van der Waals surface area contributed by atoms with E-state index in [4.69, 9.17) is 22.3 Å². The van der Waals surface area contributed by atoms with Crippen LogP contribution >= 0.6 is 0 Å². The fourth-order valence-electron chi connectivity index (χ4n) is 0.557. The molecule has 7 N–H and O–H groups in total. The molecule has 0 saturated carbocycles. The number of hydrogen-bond donors (Lipinski definition) is 4. The van der Waals surface area contributed by atoms with Crippen LogP contribution in [0.5, 0.6) is 0 Å².